The molecule has 0 bridgehead atoms. The van der Waals surface area contributed by atoms with E-state index in [0.29, 0.717) is 17.6 Å². The summed E-state index contributed by atoms with van der Waals surface area (Å²) in [7, 11) is 0. The fourth-order valence-corrected chi connectivity index (χ4v) is 2.98. The molecule has 0 spiro atoms. The van der Waals surface area contributed by atoms with Gasteiger partial charge in [-0.2, -0.15) is 0 Å². The van der Waals surface area contributed by atoms with Crippen LogP contribution < -0.4 is 10.6 Å². The first kappa shape index (κ1) is 15.3. The van der Waals surface area contributed by atoms with E-state index < -0.39 is 0 Å². The molecule has 110 valence electrons. The molecule has 1 aliphatic heterocycles. The highest BCUT2D eigenvalue weighted by Crippen LogP contribution is 2.27. The first-order valence-electron chi connectivity index (χ1n) is 6.98. The summed E-state index contributed by atoms with van der Waals surface area (Å²) < 4.78 is 0. The van der Waals surface area contributed by atoms with Crippen LogP contribution in [0, 0.1) is 13.8 Å². The Morgan fingerprint density at radius 2 is 2.25 bits per heavy atom. The number of nitrogens with one attached hydrogen (secondary N) is 2. The molecule has 2 rings (SSSR count). The monoisotopic (exact) mass is 295 g/mol. The van der Waals surface area contributed by atoms with Gasteiger partial charge in [0.15, 0.2) is 0 Å². The molecule has 0 aromatic heterocycles. The molecule has 1 fully saturated rings. The van der Waals surface area contributed by atoms with Crippen LogP contribution in [0.3, 0.4) is 0 Å². The van der Waals surface area contributed by atoms with Crippen LogP contribution >= 0.6 is 11.6 Å². The van der Waals surface area contributed by atoms with Crippen molar-refractivity contribution in [3.8, 4) is 0 Å². The van der Waals surface area contributed by atoms with Gasteiger partial charge in [-0.25, -0.2) is 0 Å². The van der Waals surface area contributed by atoms with Crippen LogP contribution in [0.5, 0.6) is 0 Å². The van der Waals surface area contributed by atoms with E-state index in [1.165, 1.54) is 0 Å². The van der Waals surface area contributed by atoms with Crippen molar-refractivity contribution in [3.63, 3.8) is 0 Å². The van der Waals surface area contributed by atoms with E-state index in [-0.39, 0.29) is 5.91 Å². The maximum Gasteiger partial charge on any atom is 0.238 e. The molecule has 20 heavy (non-hydrogen) atoms. The van der Waals surface area contributed by atoms with Crippen molar-refractivity contribution < 1.29 is 4.79 Å². The van der Waals surface area contributed by atoms with Gasteiger partial charge >= 0.3 is 0 Å². The largest absolute Gasteiger partial charge is 0.323 e. The van der Waals surface area contributed by atoms with Crippen LogP contribution in [0.4, 0.5) is 5.69 Å². The minimum Gasteiger partial charge on any atom is -0.323 e. The zero-order valence-electron chi connectivity index (χ0n) is 12.3. The molecule has 1 unspecified atom stereocenters. The van der Waals surface area contributed by atoms with Gasteiger partial charge in [0.25, 0.3) is 0 Å². The zero-order valence-corrected chi connectivity index (χ0v) is 13.0. The summed E-state index contributed by atoms with van der Waals surface area (Å²) in [5.74, 6) is -0.00652. The minimum absolute atomic E-state index is 0.00652. The lowest BCUT2D eigenvalue weighted by atomic mass is 10.1. The molecule has 1 aromatic rings. The molecule has 0 aliphatic carbocycles. The second-order valence-electron chi connectivity index (χ2n) is 5.58. The highest BCUT2D eigenvalue weighted by molar-refractivity contribution is 6.34. The Kier molecular flexibility index (Phi) is 5.02. The second-order valence-corrected chi connectivity index (χ2v) is 5.98. The van der Waals surface area contributed by atoms with Crippen molar-refractivity contribution in [2.75, 3.05) is 31.5 Å². The summed E-state index contributed by atoms with van der Waals surface area (Å²) in [6.07, 6.45) is 0. The molecule has 1 aliphatic rings. The summed E-state index contributed by atoms with van der Waals surface area (Å²) in [4.78, 5) is 14.3. The topological polar surface area (TPSA) is 44.4 Å². The molecular weight excluding hydrogens is 274 g/mol. The number of piperazine rings is 1. The number of amides is 1. The van der Waals surface area contributed by atoms with E-state index in [1.54, 1.807) is 0 Å². The number of benzene rings is 1. The van der Waals surface area contributed by atoms with E-state index in [2.05, 4.69) is 22.5 Å². The van der Waals surface area contributed by atoms with E-state index in [9.17, 15) is 4.79 Å². The predicted octanol–water partition coefficient (Wildman–Crippen LogP) is 2.19. The fourth-order valence-electron chi connectivity index (χ4n) is 2.61. The van der Waals surface area contributed by atoms with Gasteiger partial charge in [-0.15, -0.1) is 0 Å². The number of halogens is 1. The Morgan fingerprint density at radius 3 is 2.90 bits per heavy atom. The maximum atomic E-state index is 12.1. The molecular formula is C15H22ClN3O. The van der Waals surface area contributed by atoms with Crippen molar-refractivity contribution in [3.05, 3.63) is 28.3 Å². The Labute approximate surface area is 125 Å². The molecule has 1 atom stereocenters. The average molecular weight is 296 g/mol. The molecule has 1 heterocycles. The van der Waals surface area contributed by atoms with Crippen LogP contribution in [0.1, 0.15) is 18.1 Å². The third-order valence-corrected chi connectivity index (χ3v) is 3.81. The quantitative estimate of drug-likeness (QED) is 0.898. The summed E-state index contributed by atoms with van der Waals surface area (Å²) in [5.41, 5.74) is 2.82. The standard InChI is InChI=1S/C15H22ClN3O/c1-10-6-11(2)15(13(16)7-10)18-14(20)9-19-5-4-17-12(3)8-19/h6-7,12,17H,4-5,8-9H2,1-3H3,(H,18,20). The summed E-state index contributed by atoms with van der Waals surface area (Å²) >= 11 is 6.21. The fraction of sp³-hybridized carbons (Fsp3) is 0.533. The Balaban J connectivity index is 1.98. The molecule has 1 amide bonds. The van der Waals surface area contributed by atoms with Crippen molar-refractivity contribution in [1.29, 1.82) is 0 Å². The van der Waals surface area contributed by atoms with Crippen molar-refractivity contribution in [2.45, 2.75) is 26.8 Å². The molecule has 1 aromatic carbocycles. The third-order valence-electron chi connectivity index (χ3n) is 3.52. The van der Waals surface area contributed by atoms with E-state index in [0.717, 1.165) is 36.4 Å². The molecule has 0 radical (unpaired) electrons. The normalized spacial score (nSPS) is 19.9. The van der Waals surface area contributed by atoms with Crippen LogP contribution in [-0.4, -0.2) is 43.0 Å². The van der Waals surface area contributed by atoms with Crippen LogP contribution in [0.15, 0.2) is 12.1 Å². The number of nitrogens with zero attached hydrogens (tertiary/aromatic N) is 1. The number of carbonyl (C=O) groups is 1. The lowest BCUT2D eigenvalue weighted by molar-refractivity contribution is -0.117. The Hall–Kier alpha value is -1.10. The number of carbonyl (C=O) groups excluding carboxylic acids is 1. The van der Waals surface area contributed by atoms with Crippen molar-refractivity contribution >= 4 is 23.2 Å². The average Bonchev–Trinajstić information content (AvgIpc) is 2.33. The van der Waals surface area contributed by atoms with Gasteiger partial charge in [-0.3, -0.25) is 9.69 Å². The van der Waals surface area contributed by atoms with Gasteiger partial charge in [0.2, 0.25) is 5.91 Å². The van der Waals surface area contributed by atoms with E-state index >= 15 is 0 Å². The Morgan fingerprint density at radius 1 is 1.50 bits per heavy atom. The van der Waals surface area contributed by atoms with Crippen molar-refractivity contribution in [1.82, 2.24) is 10.2 Å². The van der Waals surface area contributed by atoms with Gasteiger partial charge in [-0.1, -0.05) is 17.7 Å². The third kappa shape index (κ3) is 3.95. The second kappa shape index (κ2) is 6.57. The van der Waals surface area contributed by atoms with E-state index in [1.807, 2.05) is 26.0 Å². The number of hydrogen-bond donors (Lipinski definition) is 2. The SMILES string of the molecule is Cc1cc(C)c(NC(=O)CN2CCNC(C)C2)c(Cl)c1. The van der Waals surface area contributed by atoms with Crippen LogP contribution in [-0.2, 0) is 4.79 Å². The molecule has 0 saturated carbocycles. The molecule has 1 saturated heterocycles. The lowest BCUT2D eigenvalue weighted by Gasteiger charge is -2.31. The molecule has 2 N–H and O–H groups in total. The smallest absolute Gasteiger partial charge is 0.238 e. The minimum atomic E-state index is -0.00652. The van der Waals surface area contributed by atoms with Crippen LogP contribution in [0.2, 0.25) is 5.02 Å². The summed E-state index contributed by atoms with van der Waals surface area (Å²) in [5, 5.41) is 6.90. The van der Waals surface area contributed by atoms with Gasteiger partial charge < -0.3 is 10.6 Å². The van der Waals surface area contributed by atoms with E-state index in [4.69, 9.17) is 11.6 Å². The van der Waals surface area contributed by atoms with Gasteiger partial charge in [0, 0.05) is 25.7 Å². The highest BCUT2D eigenvalue weighted by Gasteiger charge is 2.18. The predicted molar refractivity (Wildman–Crippen MR) is 83.5 cm³/mol. The number of anilines is 1. The molecule has 4 nitrogen and oxygen atoms in total. The van der Waals surface area contributed by atoms with Gasteiger partial charge in [0.05, 0.1) is 17.3 Å². The van der Waals surface area contributed by atoms with Gasteiger partial charge in [-0.05, 0) is 38.0 Å². The van der Waals surface area contributed by atoms with Gasteiger partial charge in [0.1, 0.15) is 0 Å². The highest BCUT2D eigenvalue weighted by atomic mass is 35.5. The number of aryl methyl sites for hydroxylation is 2. The Bertz CT molecular complexity index is 481. The first-order chi connectivity index (χ1) is 9.45. The van der Waals surface area contributed by atoms with Crippen LogP contribution in [0.25, 0.3) is 0 Å². The van der Waals surface area contributed by atoms with Crippen molar-refractivity contribution in [2.24, 2.45) is 0 Å². The lowest BCUT2D eigenvalue weighted by Crippen LogP contribution is -2.51. The summed E-state index contributed by atoms with van der Waals surface area (Å²) in [6.45, 7) is 9.22. The number of hydrogen-bond acceptors (Lipinski definition) is 3. The number of rotatable bonds is 3. The zero-order chi connectivity index (χ0) is 14.7. The first-order valence-corrected chi connectivity index (χ1v) is 7.36. The molecule has 5 heteroatoms. The summed E-state index contributed by atoms with van der Waals surface area (Å²) in [6, 6.07) is 4.33. The maximum absolute atomic E-state index is 12.1.